The number of nitrogens with one attached hydrogen (secondary N) is 1. The average Bonchev–Trinajstić information content (AvgIpc) is 3.41. The molecule has 0 bridgehead atoms. The number of methoxy groups -OCH3 is 1. The maximum absolute atomic E-state index is 13.7. The summed E-state index contributed by atoms with van der Waals surface area (Å²) < 4.78 is 36.9. The number of halogens is 1. The van der Waals surface area contributed by atoms with Crippen molar-refractivity contribution >= 4 is 22.8 Å². The zero-order valence-electron chi connectivity index (χ0n) is 25.0. The zero-order valence-corrected chi connectivity index (χ0v) is 25.0. The fourth-order valence-electron chi connectivity index (χ4n) is 5.61. The number of alkyl carbamates (subject to hydrolysis) is 1. The first-order valence-corrected chi connectivity index (χ1v) is 15.0. The van der Waals surface area contributed by atoms with Gasteiger partial charge in [-0.25, -0.2) is 9.18 Å². The Balaban J connectivity index is 1.36. The van der Waals surface area contributed by atoms with Crippen molar-refractivity contribution in [3.05, 3.63) is 53.5 Å². The van der Waals surface area contributed by atoms with E-state index >= 15 is 0 Å². The summed E-state index contributed by atoms with van der Waals surface area (Å²) in [5.74, 6) is 0.896. The van der Waals surface area contributed by atoms with Crippen LogP contribution in [0.25, 0.3) is 11.0 Å². The highest BCUT2D eigenvalue weighted by molar-refractivity contribution is 5.94. The van der Waals surface area contributed by atoms with Gasteiger partial charge in [-0.3, -0.25) is 9.28 Å². The van der Waals surface area contributed by atoms with Crippen LogP contribution in [0.3, 0.4) is 0 Å². The number of ether oxygens (including phenoxy) is 3. The van der Waals surface area contributed by atoms with E-state index < -0.39 is 0 Å². The molecule has 1 fully saturated rings. The van der Waals surface area contributed by atoms with Crippen molar-refractivity contribution < 1.29 is 37.2 Å². The SMILES string of the molecule is CCCCCCNC(=O)OC[N+]1(CCCOc2ccc(C(C)=O)cc2OC)CCC(c2noc3cc(F)ccc23)CC1. The number of Topliss-reactive ketones (excluding diaryl/α,β-unsaturated/α-hetero) is 1. The predicted octanol–water partition coefficient (Wildman–Crippen LogP) is 6.61. The lowest BCUT2D eigenvalue weighted by Gasteiger charge is -2.42. The van der Waals surface area contributed by atoms with Crippen molar-refractivity contribution in [3.63, 3.8) is 0 Å². The van der Waals surface area contributed by atoms with Gasteiger partial charge in [0.1, 0.15) is 5.82 Å². The summed E-state index contributed by atoms with van der Waals surface area (Å²) in [6.07, 6.45) is 6.34. The third-order valence-electron chi connectivity index (χ3n) is 8.13. The second kappa shape index (κ2) is 15.0. The van der Waals surface area contributed by atoms with E-state index in [0.29, 0.717) is 40.3 Å². The Labute approximate surface area is 246 Å². The van der Waals surface area contributed by atoms with E-state index in [-0.39, 0.29) is 30.3 Å². The maximum Gasteiger partial charge on any atom is 0.411 e. The van der Waals surface area contributed by atoms with E-state index in [9.17, 15) is 14.0 Å². The lowest BCUT2D eigenvalue weighted by atomic mass is 9.90. The Morgan fingerprint density at radius 2 is 1.88 bits per heavy atom. The van der Waals surface area contributed by atoms with Crippen LogP contribution in [0.5, 0.6) is 11.5 Å². The van der Waals surface area contributed by atoms with Gasteiger partial charge in [0.05, 0.1) is 39.0 Å². The Morgan fingerprint density at radius 3 is 2.62 bits per heavy atom. The summed E-state index contributed by atoms with van der Waals surface area (Å²) >= 11 is 0. The van der Waals surface area contributed by atoms with E-state index in [4.69, 9.17) is 18.7 Å². The third kappa shape index (κ3) is 8.21. The molecule has 0 saturated carbocycles. The first kappa shape index (κ1) is 31.3. The van der Waals surface area contributed by atoms with Gasteiger partial charge in [0.25, 0.3) is 0 Å². The number of aromatic nitrogens is 1. The Kier molecular flexibility index (Phi) is 11.2. The fourth-order valence-corrected chi connectivity index (χ4v) is 5.61. The summed E-state index contributed by atoms with van der Waals surface area (Å²) in [5, 5.41) is 8.01. The number of carbonyl (C=O) groups is 2. The summed E-state index contributed by atoms with van der Waals surface area (Å²) in [6.45, 7) is 7.35. The fraction of sp³-hybridized carbons (Fsp3) is 0.531. The van der Waals surface area contributed by atoms with Gasteiger partial charge < -0.3 is 24.1 Å². The molecule has 228 valence electrons. The van der Waals surface area contributed by atoms with Crippen LogP contribution in [0, 0.1) is 5.82 Å². The second-order valence-electron chi connectivity index (χ2n) is 11.2. The van der Waals surface area contributed by atoms with E-state index in [1.165, 1.54) is 19.1 Å². The molecule has 4 rings (SSSR count). The molecule has 2 heterocycles. The van der Waals surface area contributed by atoms with Gasteiger partial charge in [-0.05, 0) is 43.7 Å². The molecule has 0 radical (unpaired) electrons. The lowest BCUT2D eigenvalue weighted by molar-refractivity contribution is -0.948. The molecular formula is C32H43FN3O6+. The van der Waals surface area contributed by atoms with E-state index in [2.05, 4.69) is 17.4 Å². The summed E-state index contributed by atoms with van der Waals surface area (Å²) in [5.41, 5.74) is 1.88. The molecule has 10 heteroatoms. The second-order valence-corrected chi connectivity index (χ2v) is 11.2. The van der Waals surface area contributed by atoms with Crippen LogP contribution in [0.4, 0.5) is 9.18 Å². The number of amides is 1. The smallest absolute Gasteiger partial charge is 0.411 e. The van der Waals surface area contributed by atoms with Crippen LogP contribution < -0.4 is 14.8 Å². The van der Waals surface area contributed by atoms with Crippen LogP contribution in [-0.2, 0) is 4.74 Å². The van der Waals surface area contributed by atoms with Crippen LogP contribution >= 0.6 is 0 Å². The number of nitrogens with zero attached hydrogens (tertiary/aromatic N) is 2. The normalized spacial score (nSPS) is 18.5. The van der Waals surface area contributed by atoms with Crippen molar-refractivity contribution in [3.8, 4) is 11.5 Å². The molecule has 1 aromatic heterocycles. The van der Waals surface area contributed by atoms with Gasteiger partial charge in [-0.2, -0.15) is 0 Å². The third-order valence-corrected chi connectivity index (χ3v) is 8.13. The quantitative estimate of drug-likeness (QED) is 0.122. The number of likely N-dealkylation sites (tertiary alicyclic amines) is 1. The number of piperidine rings is 1. The minimum atomic E-state index is -0.387. The molecule has 1 saturated heterocycles. The number of hydrogen-bond acceptors (Lipinski definition) is 7. The van der Waals surface area contributed by atoms with Crippen molar-refractivity contribution in [2.24, 2.45) is 0 Å². The number of quaternary nitrogens is 1. The number of hydrogen-bond donors (Lipinski definition) is 1. The van der Waals surface area contributed by atoms with Crippen molar-refractivity contribution in [2.75, 3.05) is 46.6 Å². The highest BCUT2D eigenvalue weighted by Gasteiger charge is 2.37. The Morgan fingerprint density at radius 1 is 1.07 bits per heavy atom. The molecule has 1 N–H and O–H groups in total. The number of rotatable bonds is 15. The van der Waals surface area contributed by atoms with Gasteiger partial charge >= 0.3 is 6.09 Å². The molecule has 1 amide bonds. The highest BCUT2D eigenvalue weighted by Crippen LogP contribution is 2.35. The monoisotopic (exact) mass is 584 g/mol. The molecule has 0 unspecified atom stereocenters. The Bertz CT molecular complexity index is 1340. The number of benzene rings is 2. The van der Waals surface area contributed by atoms with Crippen LogP contribution in [0.2, 0.25) is 0 Å². The van der Waals surface area contributed by atoms with Gasteiger partial charge in [0, 0.05) is 48.7 Å². The molecule has 1 aliphatic heterocycles. The molecule has 3 aromatic rings. The first-order chi connectivity index (χ1) is 20.3. The van der Waals surface area contributed by atoms with Gasteiger partial charge in [0.15, 0.2) is 22.9 Å². The molecule has 42 heavy (non-hydrogen) atoms. The molecule has 0 spiro atoms. The van der Waals surface area contributed by atoms with Crippen LogP contribution in [0.1, 0.15) is 80.8 Å². The largest absolute Gasteiger partial charge is 0.493 e. The Hall–Kier alpha value is -3.66. The van der Waals surface area contributed by atoms with Gasteiger partial charge in [-0.1, -0.05) is 31.3 Å². The topological polar surface area (TPSA) is 99.9 Å². The molecule has 0 atom stereocenters. The highest BCUT2D eigenvalue weighted by atomic mass is 19.1. The minimum absolute atomic E-state index is 0.0366. The minimum Gasteiger partial charge on any atom is -0.493 e. The first-order valence-electron chi connectivity index (χ1n) is 15.0. The van der Waals surface area contributed by atoms with Gasteiger partial charge in [0.2, 0.25) is 6.73 Å². The molecule has 1 aliphatic rings. The van der Waals surface area contributed by atoms with Crippen molar-refractivity contribution in [2.45, 2.75) is 64.7 Å². The van der Waals surface area contributed by atoms with E-state index in [1.807, 2.05) is 0 Å². The number of unbranched alkanes of at least 4 members (excludes halogenated alkanes) is 3. The standard InChI is InChI=1S/C32H42FN3O6/c1-4-5-6-7-15-34-32(38)41-22-36(16-8-19-40-28-12-9-25(23(2)37)20-30(28)39-3)17-13-24(14-18-36)31-27-11-10-26(33)21-29(27)42-35-31/h9-12,20-21,24H,4-8,13-19,22H2,1-3H3/p+1. The zero-order chi connectivity index (χ0) is 30.0. The number of fused-ring (bicyclic) bond motifs is 1. The average molecular weight is 585 g/mol. The lowest BCUT2D eigenvalue weighted by Crippen LogP contribution is -2.55. The number of ketones is 1. The van der Waals surface area contributed by atoms with Crippen molar-refractivity contribution in [1.82, 2.24) is 10.5 Å². The summed E-state index contributed by atoms with van der Waals surface area (Å²) in [4.78, 5) is 24.2. The van der Waals surface area contributed by atoms with Gasteiger partial charge in [-0.15, -0.1) is 0 Å². The van der Waals surface area contributed by atoms with E-state index in [1.54, 1.807) is 31.4 Å². The maximum atomic E-state index is 13.7. The summed E-state index contributed by atoms with van der Waals surface area (Å²) in [7, 11) is 1.55. The van der Waals surface area contributed by atoms with E-state index in [0.717, 1.165) is 75.7 Å². The van der Waals surface area contributed by atoms with Crippen LogP contribution in [0.15, 0.2) is 40.9 Å². The molecule has 0 aliphatic carbocycles. The van der Waals surface area contributed by atoms with Crippen molar-refractivity contribution in [1.29, 1.82) is 0 Å². The predicted molar refractivity (Wildman–Crippen MR) is 157 cm³/mol. The van der Waals surface area contributed by atoms with Crippen LogP contribution in [-0.4, -0.2) is 68.1 Å². The number of carbonyl (C=O) groups excluding carboxylic acids is 2. The summed E-state index contributed by atoms with van der Waals surface area (Å²) in [6, 6.07) is 9.71. The molecular weight excluding hydrogens is 541 g/mol. The molecule has 9 nitrogen and oxygen atoms in total. The molecule has 2 aromatic carbocycles.